The molecular weight excluding hydrogens is 250 g/mol. The molecule has 1 unspecified atom stereocenters. The summed E-state index contributed by atoms with van der Waals surface area (Å²) < 4.78 is 0. The number of rotatable bonds is 6. The van der Waals surface area contributed by atoms with Crippen LogP contribution in [0.15, 0.2) is 0 Å². The molecule has 5 heteroatoms. The molecule has 1 rings (SSSR count). The highest BCUT2D eigenvalue weighted by atomic mass is 35.5. The van der Waals surface area contributed by atoms with E-state index in [1.807, 2.05) is 20.8 Å². The third-order valence-corrected chi connectivity index (χ3v) is 3.24. The Bertz CT molecular complexity index is 407. The van der Waals surface area contributed by atoms with Crippen molar-refractivity contribution in [2.45, 2.75) is 52.6 Å². The number of halogens is 1. The SMILES string of the molecule is CCCC(C)(O)CNc1nc(CC)nc(Cl)c1C. The van der Waals surface area contributed by atoms with Crippen molar-refractivity contribution in [3.05, 3.63) is 16.5 Å². The largest absolute Gasteiger partial charge is 0.388 e. The molecule has 2 N–H and O–H groups in total. The smallest absolute Gasteiger partial charge is 0.137 e. The molecule has 0 aliphatic heterocycles. The Morgan fingerprint density at radius 2 is 2.00 bits per heavy atom. The minimum atomic E-state index is -0.731. The fraction of sp³-hybridized carbons (Fsp3) is 0.692. The van der Waals surface area contributed by atoms with Crippen LogP contribution in [0, 0.1) is 6.92 Å². The van der Waals surface area contributed by atoms with Crippen molar-refractivity contribution in [3.63, 3.8) is 0 Å². The monoisotopic (exact) mass is 271 g/mol. The lowest BCUT2D eigenvalue weighted by atomic mass is 10.0. The Morgan fingerprint density at radius 1 is 1.33 bits per heavy atom. The topological polar surface area (TPSA) is 58.0 Å². The quantitative estimate of drug-likeness (QED) is 0.781. The molecule has 18 heavy (non-hydrogen) atoms. The highest BCUT2D eigenvalue weighted by molar-refractivity contribution is 6.30. The summed E-state index contributed by atoms with van der Waals surface area (Å²) >= 11 is 6.06. The van der Waals surface area contributed by atoms with Crippen LogP contribution in [0.1, 0.15) is 45.0 Å². The molecule has 0 spiro atoms. The average Bonchev–Trinajstić information content (AvgIpc) is 2.30. The van der Waals surface area contributed by atoms with Crippen molar-refractivity contribution in [1.82, 2.24) is 9.97 Å². The molecule has 0 fully saturated rings. The fourth-order valence-corrected chi connectivity index (χ4v) is 1.95. The normalized spacial score (nSPS) is 14.3. The molecule has 0 saturated heterocycles. The number of hydrogen-bond acceptors (Lipinski definition) is 4. The predicted molar refractivity (Wildman–Crippen MR) is 75.2 cm³/mol. The Morgan fingerprint density at radius 3 is 2.56 bits per heavy atom. The van der Waals surface area contributed by atoms with Gasteiger partial charge < -0.3 is 10.4 Å². The van der Waals surface area contributed by atoms with Crippen LogP contribution in [-0.2, 0) is 6.42 Å². The van der Waals surface area contributed by atoms with Crippen LogP contribution in [0.5, 0.6) is 0 Å². The minimum Gasteiger partial charge on any atom is -0.388 e. The lowest BCUT2D eigenvalue weighted by Crippen LogP contribution is -2.33. The van der Waals surface area contributed by atoms with Gasteiger partial charge in [0.15, 0.2) is 0 Å². The van der Waals surface area contributed by atoms with Crippen LogP contribution in [0.25, 0.3) is 0 Å². The number of nitrogens with one attached hydrogen (secondary N) is 1. The first-order chi connectivity index (χ1) is 8.39. The lowest BCUT2D eigenvalue weighted by molar-refractivity contribution is 0.0636. The molecule has 1 aromatic rings. The van der Waals surface area contributed by atoms with Gasteiger partial charge >= 0.3 is 0 Å². The number of nitrogens with zero attached hydrogens (tertiary/aromatic N) is 2. The van der Waals surface area contributed by atoms with E-state index in [9.17, 15) is 5.11 Å². The van der Waals surface area contributed by atoms with Gasteiger partial charge in [0.05, 0.1) is 5.60 Å². The zero-order chi connectivity index (χ0) is 13.8. The molecule has 0 aliphatic carbocycles. The Balaban J connectivity index is 2.81. The van der Waals surface area contributed by atoms with E-state index in [1.54, 1.807) is 0 Å². The van der Waals surface area contributed by atoms with Crippen molar-refractivity contribution in [3.8, 4) is 0 Å². The number of hydrogen-bond donors (Lipinski definition) is 2. The van der Waals surface area contributed by atoms with Crippen LogP contribution in [0.3, 0.4) is 0 Å². The summed E-state index contributed by atoms with van der Waals surface area (Å²) in [5, 5.41) is 13.8. The summed E-state index contributed by atoms with van der Waals surface area (Å²) in [4.78, 5) is 8.58. The fourth-order valence-electron chi connectivity index (χ4n) is 1.76. The average molecular weight is 272 g/mol. The van der Waals surface area contributed by atoms with Gasteiger partial charge in [-0.25, -0.2) is 9.97 Å². The van der Waals surface area contributed by atoms with Gasteiger partial charge in [-0.1, -0.05) is 31.9 Å². The summed E-state index contributed by atoms with van der Waals surface area (Å²) in [6, 6.07) is 0. The Kier molecular flexibility index (Phi) is 5.35. The molecule has 1 aromatic heterocycles. The first-order valence-corrected chi connectivity index (χ1v) is 6.76. The summed E-state index contributed by atoms with van der Waals surface area (Å²) in [5.41, 5.74) is 0.0894. The van der Waals surface area contributed by atoms with E-state index in [0.29, 0.717) is 23.3 Å². The zero-order valence-corrected chi connectivity index (χ0v) is 12.3. The second-order valence-electron chi connectivity index (χ2n) is 4.86. The molecule has 102 valence electrons. The first kappa shape index (κ1) is 15.2. The summed E-state index contributed by atoms with van der Waals surface area (Å²) in [5.74, 6) is 1.42. The Labute approximate surface area is 114 Å². The molecule has 1 heterocycles. The van der Waals surface area contributed by atoms with Crippen molar-refractivity contribution < 1.29 is 5.11 Å². The van der Waals surface area contributed by atoms with Crippen LogP contribution in [0.4, 0.5) is 5.82 Å². The van der Waals surface area contributed by atoms with E-state index in [2.05, 4.69) is 22.2 Å². The highest BCUT2D eigenvalue weighted by Crippen LogP contribution is 2.21. The van der Waals surface area contributed by atoms with E-state index in [1.165, 1.54) is 0 Å². The standard InChI is InChI=1S/C13H22ClN3O/c1-5-7-13(4,18)8-15-12-9(3)11(14)16-10(6-2)17-12/h18H,5-8H2,1-4H3,(H,15,16,17). The number of aryl methyl sites for hydroxylation is 1. The van der Waals surface area contributed by atoms with E-state index in [4.69, 9.17) is 11.6 Å². The second kappa shape index (κ2) is 6.34. The molecule has 1 atom stereocenters. The molecule has 0 bridgehead atoms. The predicted octanol–water partition coefficient (Wildman–Crippen LogP) is 2.96. The molecule has 0 saturated carbocycles. The lowest BCUT2D eigenvalue weighted by Gasteiger charge is -2.24. The third-order valence-electron chi connectivity index (χ3n) is 2.87. The van der Waals surface area contributed by atoms with Crippen LogP contribution in [0.2, 0.25) is 5.15 Å². The maximum Gasteiger partial charge on any atom is 0.137 e. The van der Waals surface area contributed by atoms with Gasteiger partial charge in [0.25, 0.3) is 0 Å². The van der Waals surface area contributed by atoms with Gasteiger partial charge in [-0.05, 0) is 20.3 Å². The first-order valence-electron chi connectivity index (χ1n) is 6.39. The van der Waals surface area contributed by atoms with Crippen molar-refractivity contribution in [2.24, 2.45) is 0 Å². The number of anilines is 1. The van der Waals surface area contributed by atoms with E-state index in [-0.39, 0.29) is 0 Å². The van der Waals surface area contributed by atoms with E-state index >= 15 is 0 Å². The second-order valence-corrected chi connectivity index (χ2v) is 5.22. The van der Waals surface area contributed by atoms with Gasteiger partial charge in [0.1, 0.15) is 16.8 Å². The van der Waals surface area contributed by atoms with Gasteiger partial charge in [-0.3, -0.25) is 0 Å². The van der Waals surface area contributed by atoms with E-state index < -0.39 is 5.60 Å². The maximum atomic E-state index is 10.1. The summed E-state index contributed by atoms with van der Waals surface area (Å²) in [6.07, 6.45) is 2.43. The van der Waals surface area contributed by atoms with Gasteiger partial charge in [0, 0.05) is 18.5 Å². The molecule has 0 aliphatic rings. The Hall–Kier alpha value is -0.870. The van der Waals surface area contributed by atoms with E-state index in [0.717, 1.165) is 24.8 Å². The maximum absolute atomic E-state index is 10.1. The molecule has 0 amide bonds. The molecule has 0 radical (unpaired) electrons. The van der Waals surface area contributed by atoms with Crippen molar-refractivity contribution >= 4 is 17.4 Å². The zero-order valence-electron chi connectivity index (χ0n) is 11.5. The molecular formula is C13H22ClN3O. The molecule has 0 aromatic carbocycles. The van der Waals surface area contributed by atoms with Crippen LogP contribution < -0.4 is 5.32 Å². The van der Waals surface area contributed by atoms with Gasteiger partial charge in [-0.2, -0.15) is 0 Å². The van der Waals surface area contributed by atoms with Crippen LogP contribution >= 0.6 is 11.6 Å². The van der Waals surface area contributed by atoms with Crippen LogP contribution in [-0.4, -0.2) is 27.2 Å². The van der Waals surface area contributed by atoms with Gasteiger partial charge in [0.2, 0.25) is 0 Å². The van der Waals surface area contributed by atoms with Crippen molar-refractivity contribution in [1.29, 1.82) is 0 Å². The molecule has 4 nitrogen and oxygen atoms in total. The number of aromatic nitrogens is 2. The third kappa shape index (κ3) is 4.10. The summed E-state index contributed by atoms with van der Waals surface area (Å²) in [6.45, 7) is 8.19. The minimum absolute atomic E-state index is 0.457. The summed E-state index contributed by atoms with van der Waals surface area (Å²) in [7, 11) is 0. The number of aliphatic hydroxyl groups is 1. The highest BCUT2D eigenvalue weighted by Gasteiger charge is 2.19. The van der Waals surface area contributed by atoms with Crippen molar-refractivity contribution in [2.75, 3.05) is 11.9 Å². The van der Waals surface area contributed by atoms with Gasteiger partial charge in [-0.15, -0.1) is 0 Å².